The smallest absolute Gasteiger partial charge is 1.00 e. The van der Waals surface area contributed by atoms with Crippen LogP contribution in [0.3, 0.4) is 0 Å². The summed E-state index contributed by atoms with van der Waals surface area (Å²) in [6.45, 7) is 0. The van der Waals surface area contributed by atoms with Gasteiger partial charge in [-0.15, -0.1) is 12.4 Å². The molecule has 0 aromatic heterocycles. The summed E-state index contributed by atoms with van der Waals surface area (Å²) < 4.78 is 31.6. The minimum atomic E-state index is -4.67. The zero-order chi connectivity index (χ0) is 4.50. The van der Waals surface area contributed by atoms with Gasteiger partial charge < -0.3 is 1.43 Å². The molecule has 0 saturated carbocycles. The third-order valence-corrected chi connectivity index (χ3v) is 0. The van der Waals surface area contributed by atoms with Crippen LogP contribution in [0.2, 0.25) is 0 Å². The minimum absolute atomic E-state index is 0. The molecule has 0 amide bonds. The van der Waals surface area contributed by atoms with Gasteiger partial charge in [-0.05, 0) is 0 Å². The standard InChI is InChI=1S/ClH.Na.H2O4S.H/c;;1-5(2,3)4;/h1H;;(H2,1,2,3,4);/q;+1;;-1. The Morgan fingerprint density at radius 3 is 1.29 bits per heavy atom. The van der Waals surface area contributed by atoms with Crippen molar-refractivity contribution in [3.05, 3.63) is 0 Å². The molecule has 0 atom stereocenters. The average Bonchev–Trinajstić information content (AvgIpc) is 0.722. The predicted octanol–water partition coefficient (Wildman–Crippen LogP) is -3.11. The molecule has 0 heterocycles. The van der Waals surface area contributed by atoms with Crippen LogP contribution >= 0.6 is 12.4 Å². The van der Waals surface area contributed by atoms with Crippen LogP contribution in [0.15, 0.2) is 0 Å². The van der Waals surface area contributed by atoms with Crippen LogP contribution in [-0.4, -0.2) is 17.5 Å². The van der Waals surface area contributed by atoms with Crippen LogP contribution in [0, 0.1) is 0 Å². The van der Waals surface area contributed by atoms with E-state index in [1.165, 1.54) is 0 Å². The largest absolute Gasteiger partial charge is 1.00 e. The Hall–Kier alpha value is 1.16. The Labute approximate surface area is 71.1 Å². The van der Waals surface area contributed by atoms with Crippen molar-refractivity contribution in [2.45, 2.75) is 0 Å². The fourth-order valence-corrected chi connectivity index (χ4v) is 0. The number of hydrogen-bond acceptors (Lipinski definition) is 2. The van der Waals surface area contributed by atoms with Crippen LogP contribution in [0.5, 0.6) is 0 Å². The maximum Gasteiger partial charge on any atom is 1.00 e. The Kier molecular flexibility index (Phi) is 11.9. The molecular formula is H4ClNaO4S. The Bertz CT molecular complexity index is 99.2. The van der Waals surface area contributed by atoms with Gasteiger partial charge in [0.25, 0.3) is 0 Å². The second-order valence-corrected chi connectivity index (χ2v) is 1.34. The minimum Gasteiger partial charge on any atom is -1.00 e. The first-order valence-electron chi connectivity index (χ1n) is 0.698. The van der Waals surface area contributed by atoms with E-state index in [-0.39, 0.29) is 43.4 Å². The van der Waals surface area contributed by atoms with E-state index < -0.39 is 10.4 Å². The summed E-state index contributed by atoms with van der Waals surface area (Å²) in [5.74, 6) is 0. The van der Waals surface area contributed by atoms with Gasteiger partial charge in [0, 0.05) is 0 Å². The molecule has 4 nitrogen and oxygen atoms in total. The molecule has 2 N–H and O–H groups in total. The van der Waals surface area contributed by atoms with E-state index in [9.17, 15) is 0 Å². The fraction of sp³-hybridized carbons (Fsp3) is 0. The molecule has 0 radical (unpaired) electrons. The summed E-state index contributed by atoms with van der Waals surface area (Å²) in [5.41, 5.74) is 0. The average molecular weight is 159 g/mol. The summed E-state index contributed by atoms with van der Waals surface area (Å²) >= 11 is 0. The summed E-state index contributed by atoms with van der Waals surface area (Å²) in [6.07, 6.45) is 0. The van der Waals surface area contributed by atoms with Gasteiger partial charge in [-0.25, -0.2) is 0 Å². The first-order chi connectivity index (χ1) is 2.00. The van der Waals surface area contributed by atoms with E-state index in [2.05, 4.69) is 0 Å². The topological polar surface area (TPSA) is 74.6 Å². The van der Waals surface area contributed by atoms with Crippen LogP contribution in [0.1, 0.15) is 1.43 Å². The van der Waals surface area contributed by atoms with Gasteiger partial charge in [0.1, 0.15) is 0 Å². The number of halogens is 1. The molecule has 0 aromatic rings. The van der Waals surface area contributed by atoms with Crippen LogP contribution in [0.25, 0.3) is 0 Å². The van der Waals surface area contributed by atoms with E-state index in [4.69, 9.17) is 17.5 Å². The summed E-state index contributed by atoms with van der Waals surface area (Å²) in [6, 6.07) is 0. The van der Waals surface area contributed by atoms with Gasteiger partial charge >= 0.3 is 40.0 Å². The van der Waals surface area contributed by atoms with E-state index in [0.717, 1.165) is 0 Å². The van der Waals surface area contributed by atoms with Gasteiger partial charge in [0.2, 0.25) is 0 Å². The molecule has 0 aliphatic heterocycles. The van der Waals surface area contributed by atoms with E-state index in [0.29, 0.717) is 0 Å². The van der Waals surface area contributed by atoms with Crippen molar-refractivity contribution in [2.24, 2.45) is 0 Å². The molecule has 42 valence electrons. The first kappa shape index (κ1) is 15.7. The Morgan fingerprint density at radius 2 is 1.29 bits per heavy atom. The zero-order valence-corrected chi connectivity index (χ0v) is 7.16. The Balaban J connectivity index is -0.0000000267. The molecule has 0 rings (SSSR count). The van der Waals surface area contributed by atoms with E-state index in [1.807, 2.05) is 0 Å². The van der Waals surface area contributed by atoms with Gasteiger partial charge in [-0.3, -0.25) is 9.11 Å². The van der Waals surface area contributed by atoms with Gasteiger partial charge in [-0.2, -0.15) is 8.42 Å². The molecule has 0 aliphatic rings. The molecule has 0 fully saturated rings. The maximum absolute atomic E-state index is 8.74. The second kappa shape index (κ2) is 5.30. The van der Waals surface area contributed by atoms with Crippen LogP contribution in [-0.2, 0) is 10.4 Å². The normalized spacial score (nSPS) is 8.29. The van der Waals surface area contributed by atoms with Crippen molar-refractivity contribution in [3.63, 3.8) is 0 Å². The molecule has 0 aliphatic carbocycles. The molecule has 0 aromatic carbocycles. The van der Waals surface area contributed by atoms with Crippen molar-refractivity contribution in [2.75, 3.05) is 0 Å². The molecule has 0 unspecified atom stereocenters. The van der Waals surface area contributed by atoms with E-state index >= 15 is 0 Å². The second-order valence-electron chi connectivity index (χ2n) is 0.448. The molecule has 0 saturated heterocycles. The third-order valence-electron chi connectivity index (χ3n) is 0. The zero-order valence-electron chi connectivity index (χ0n) is 4.53. The monoisotopic (exact) mass is 158 g/mol. The van der Waals surface area contributed by atoms with E-state index in [1.54, 1.807) is 0 Å². The maximum atomic E-state index is 8.74. The van der Waals surface area contributed by atoms with Crippen LogP contribution < -0.4 is 29.6 Å². The van der Waals surface area contributed by atoms with Crippen molar-refractivity contribution in [1.82, 2.24) is 0 Å². The molecule has 7 heavy (non-hydrogen) atoms. The Morgan fingerprint density at radius 1 is 1.29 bits per heavy atom. The van der Waals surface area contributed by atoms with Crippen LogP contribution in [0.4, 0.5) is 0 Å². The van der Waals surface area contributed by atoms with Gasteiger partial charge in [-0.1, -0.05) is 0 Å². The van der Waals surface area contributed by atoms with Crippen molar-refractivity contribution in [1.29, 1.82) is 0 Å². The first-order valence-corrected chi connectivity index (χ1v) is 2.10. The van der Waals surface area contributed by atoms with Crippen molar-refractivity contribution < 1.29 is 48.5 Å². The molecule has 0 spiro atoms. The van der Waals surface area contributed by atoms with Gasteiger partial charge in [0.15, 0.2) is 0 Å². The molecular weight excluding hydrogens is 155 g/mol. The van der Waals surface area contributed by atoms with Crippen molar-refractivity contribution >= 4 is 22.8 Å². The molecule has 7 heteroatoms. The quantitative estimate of drug-likeness (QED) is 0.289. The summed E-state index contributed by atoms with van der Waals surface area (Å²) in [7, 11) is -4.67. The SMILES string of the molecule is Cl.O=S(=O)(O)O.[H-].[Na+]. The third kappa shape index (κ3) is 142. The van der Waals surface area contributed by atoms with Gasteiger partial charge in [0.05, 0.1) is 0 Å². The van der Waals surface area contributed by atoms with Crippen molar-refractivity contribution in [3.8, 4) is 0 Å². The fourth-order valence-electron chi connectivity index (χ4n) is 0. The number of hydrogen-bond donors (Lipinski definition) is 2. The number of rotatable bonds is 0. The molecule has 0 bridgehead atoms. The summed E-state index contributed by atoms with van der Waals surface area (Å²) in [5, 5.41) is 0. The summed E-state index contributed by atoms with van der Waals surface area (Å²) in [4.78, 5) is 0. The predicted molar refractivity (Wildman–Crippen MR) is 22.5 cm³/mol.